The summed E-state index contributed by atoms with van der Waals surface area (Å²) in [5.74, 6) is 0.671. The van der Waals surface area contributed by atoms with Gasteiger partial charge < -0.3 is 15.4 Å². The van der Waals surface area contributed by atoms with Crippen LogP contribution in [0.25, 0.3) is 0 Å². The van der Waals surface area contributed by atoms with E-state index in [1.54, 1.807) is 0 Å². The van der Waals surface area contributed by atoms with E-state index in [4.69, 9.17) is 4.74 Å². The van der Waals surface area contributed by atoms with Gasteiger partial charge in [0.25, 0.3) is 5.91 Å². The molecule has 4 heteroatoms. The van der Waals surface area contributed by atoms with Gasteiger partial charge in [0.2, 0.25) is 0 Å². The zero-order valence-electron chi connectivity index (χ0n) is 9.32. The summed E-state index contributed by atoms with van der Waals surface area (Å²) in [5.41, 5.74) is 1.02. The van der Waals surface area contributed by atoms with Crippen LogP contribution >= 0.6 is 0 Å². The fraction of sp³-hybridized carbons (Fsp3) is 0.417. The molecule has 0 aliphatic heterocycles. The fourth-order valence-electron chi connectivity index (χ4n) is 1.36. The van der Waals surface area contributed by atoms with Gasteiger partial charge in [-0.25, -0.2) is 0 Å². The molecule has 86 valence electrons. The third-order valence-corrected chi connectivity index (χ3v) is 2.46. The monoisotopic (exact) mass is 220 g/mol. The van der Waals surface area contributed by atoms with Gasteiger partial charge in [0.1, 0.15) is 5.75 Å². The van der Waals surface area contributed by atoms with E-state index >= 15 is 0 Å². The second-order valence-electron chi connectivity index (χ2n) is 3.90. The molecule has 1 aromatic rings. The number of carbonyl (C=O) groups is 1. The number of anilines is 1. The van der Waals surface area contributed by atoms with Crippen molar-refractivity contribution in [3.63, 3.8) is 0 Å². The molecule has 0 aromatic heterocycles. The van der Waals surface area contributed by atoms with Crippen LogP contribution in [0.15, 0.2) is 24.3 Å². The van der Waals surface area contributed by atoms with Gasteiger partial charge in [0.05, 0.1) is 0 Å². The third-order valence-electron chi connectivity index (χ3n) is 2.46. The van der Waals surface area contributed by atoms with Crippen LogP contribution in [0.2, 0.25) is 0 Å². The molecule has 1 aliphatic carbocycles. The van der Waals surface area contributed by atoms with Crippen molar-refractivity contribution < 1.29 is 9.53 Å². The molecule has 0 spiro atoms. The van der Waals surface area contributed by atoms with Crippen molar-refractivity contribution in [1.29, 1.82) is 0 Å². The number of amides is 1. The van der Waals surface area contributed by atoms with Gasteiger partial charge >= 0.3 is 0 Å². The molecule has 1 aliphatic rings. The van der Waals surface area contributed by atoms with E-state index < -0.39 is 0 Å². The molecule has 1 aromatic carbocycles. The molecular weight excluding hydrogens is 204 g/mol. The van der Waals surface area contributed by atoms with Crippen molar-refractivity contribution in [2.24, 2.45) is 0 Å². The Labute approximate surface area is 95.0 Å². The van der Waals surface area contributed by atoms with Crippen LogP contribution in [0.5, 0.6) is 5.75 Å². The van der Waals surface area contributed by atoms with E-state index in [1.807, 2.05) is 31.3 Å². The summed E-state index contributed by atoms with van der Waals surface area (Å²) in [6.07, 6.45) is 2.20. The third kappa shape index (κ3) is 3.15. The van der Waals surface area contributed by atoms with Crippen molar-refractivity contribution in [3.05, 3.63) is 24.3 Å². The first-order valence-electron chi connectivity index (χ1n) is 5.48. The topological polar surface area (TPSA) is 50.4 Å². The lowest BCUT2D eigenvalue weighted by atomic mass is 10.3. The lowest BCUT2D eigenvalue weighted by Gasteiger charge is -2.07. The van der Waals surface area contributed by atoms with Crippen molar-refractivity contribution >= 4 is 11.6 Å². The Bertz CT molecular complexity index is 358. The first-order valence-corrected chi connectivity index (χ1v) is 5.48. The minimum atomic E-state index is -0.0415. The SMILES string of the molecule is CNc1ccc(OCC(=O)NC2CC2)cc1. The van der Waals surface area contributed by atoms with Gasteiger partial charge in [-0.15, -0.1) is 0 Å². The Morgan fingerprint density at radius 3 is 2.62 bits per heavy atom. The number of ether oxygens (including phenoxy) is 1. The Kier molecular flexibility index (Phi) is 3.29. The first kappa shape index (κ1) is 10.8. The molecule has 1 amide bonds. The molecule has 0 unspecified atom stereocenters. The van der Waals surface area contributed by atoms with Gasteiger partial charge in [-0.2, -0.15) is 0 Å². The lowest BCUT2D eigenvalue weighted by molar-refractivity contribution is -0.123. The van der Waals surface area contributed by atoms with Gasteiger partial charge in [-0.05, 0) is 37.1 Å². The normalized spacial score (nSPS) is 14.3. The summed E-state index contributed by atoms with van der Waals surface area (Å²) in [4.78, 5) is 11.3. The molecule has 0 heterocycles. The zero-order valence-corrected chi connectivity index (χ0v) is 9.32. The molecule has 1 fully saturated rings. The van der Waals surface area contributed by atoms with Gasteiger partial charge in [0.15, 0.2) is 6.61 Å². The van der Waals surface area contributed by atoms with Crippen molar-refractivity contribution in [1.82, 2.24) is 5.32 Å². The highest BCUT2D eigenvalue weighted by Gasteiger charge is 2.23. The summed E-state index contributed by atoms with van der Waals surface area (Å²) < 4.78 is 5.36. The summed E-state index contributed by atoms with van der Waals surface area (Å²) in [5, 5.41) is 5.89. The molecule has 0 saturated heterocycles. The number of benzene rings is 1. The average Bonchev–Trinajstić information content (AvgIpc) is 3.11. The van der Waals surface area contributed by atoms with Crippen LogP contribution in [0.3, 0.4) is 0 Å². The number of carbonyl (C=O) groups excluding carboxylic acids is 1. The molecule has 0 atom stereocenters. The number of hydrogen-bond acceptors (Lipinski definition) is 3. The van der Waals surface area contributed by atoms with Gasteiger partial charge in [-0.3, -0.25) is 4.79 Å². The second-order valence-corrected chi connectivity index (χ2v) is 3.90. The van der Waals surface area contributed by atoms with Gasteiger partial charge in [-0.1, -0.05) is 0 Å². The number of hydrogen-bond donors (Lipinski definition) is 2. The summed E-state index contributed by atoms with van der Waals surface area (Å²) in [6.45, 7) is 0.0927. The van der Waals surface area contributed by atoms with E-state index in [-0.39, 0.29) is 12.5 Å². The average molecular weight is 220 g/mol. The summed E-state index contributed by atoms with van der Waals surface area (Å²) in [6, 6.07) is 7.90. The Balaban J connectivity index is 1.76. The summed E-state index contributed by atoms with van der Waals surface area (Å²) >= 11 is 0. The smallest absolute Gasteiger partial charge is 0.258 e. The standard InChI is InChI=1S/C12H16N2O2/c1-13-9-4-6-11(7-5-9)16-8-12(15)14-10-2-3-10/h4-7,10,13H,2-3,8H2,1H3,(H,14,15). The minimum Gasteiger partial charge on any atom is -0.484 e. The van der Waals surface area contributed by atoms with Crippen LogP contribution in [-0.4, -0.2) is 25.6 Å². The zero-order chi connectivity index (χ0) is 11.4. The molecule has 2 rings (SSSR count). The predicted molar refractivity (Wildman–Crippen MR) is 62.6 cm³/mol. The highest BCUT2D eigenvalue weighted by Crippen LogP contribution is 2.18. The minimum absolute atomic E-state index is 0.0415. The van der Waals surface area contributed by atoms with Crippen LogP contribution in [0.1, 0.15) is 12.8 Å². The van der Waals surface area contributed by atoms with Crippen LogP contribution in [0, 0.1) is 0 Å². The maximum absolute atomic E-state index is 11.3. The highest BCUT2D eigenvalue weighted by molar-refractivity contribution is 5.78. The largest absolute Gasteiger partial charge is 0.484 e. The maximum atomic E-state index is 11.3. The molecule has 2 N–H and O–H groups in total. The quantitative estimate of drug-likeness (QED) is 0.788. The van der Waals surface area contributed by atoms with E-state index in [0.29, 0.717) is 11.8 Å². The van der Waals surface area contributed by atoms with Gasteiger partial charge in [0, 0.05) is 18.8 Å². The lowest BCUT2D eigenvalue weighted by Crippen LogP contribution is -2.30. The number of rotatable bonds is 5. The number of nitrogens with one attached hydrogen (secondary N) is 2. The van der Waals surface area contributed by atoms with Crippen molar-refractivity contribution in [2.45, 2.75) is 18.9 Å². The Morgan fingerprint density at radius 1 is 1.38 bits per heavy atom. The molecule has 0 bridgehead atoms. The molecular formula is C12H16N2O2. The van der Waals surface area contributed by atoms with E-state index in [0.717, 1.165) is 18.5 Å². The van der Waals surface area contributed by atoms with Crippen molar-refractivity contribution in [3.8, 4) is 5.75 Å². The van der Waals surface area contributed by atoms with Crippen LogP contribution in [0.4, 0.5) is 5.69 Å². The van der Waals surface area contributed by atoms with Crippen molar-refractivity contribution in [2.75, 3.05) is 19.0 Å². The predicted octanol–water partition coefficient (Wildman–Crippen LogP) is 1.39. The molecule has 4 nitrogen and oxygen atoms in total. The molecule has 16 heavy (non-hydrogen) atoms. The fourth-order valence-corrected chi connectivity index (χ4v) is 1.36. The molecule has 0 radical (unpaired) electrons. The second kappa shape index (κ2) is 4.88. The highest BCUT2D eigenvalue weighted by atomic mass is 16.5. The Morgan fingerprint density at radius 2 is 2.06 bits per heavy atom. The molecule has 1 saturated carbocycles. The first-order chi connectivity index (χ1) is 7.78. The van der Waals surface area contributed by atoms with E-state index in [2.05, 4.69) is 10.6 Å². The van der Waals surface area contributed by atoms with Crippen LogP contribution < -0.4 is 15.4 Å². The maximum Gasteiger partial charge on any atom is 0.258 e. The van der Waals surface area contributed by atoms with Crippen LogP contribution in [-0.2, 0) is 4.79 Å². The van der Waals surface area contributed by atoms with E-state index in [9.17, 15) is 4.79 Å². The summed E-state index contributed by atoms with van der Waals surface area (Å²) in [7, 11) is 1.86. The van der Waals surface area contributed by atoms with E-state index in [1.165, 1.54) is 0 Å². The Hall–Kier alpha value is -1.71.